The number of carbonyl (C=O) groups excluding carboxylic acids is 1. The summed E-state index contributed by atoms with van der Waals surface area (Å²) in [5, 5.41) is 13.9. The minimum absolute atomic E-state index is 0. The number of carbonyl (C=O) groups is 1. The Labute approximate surface area is 166 Å². The average molecular weight is 412 g/mol. The number of benzene rings is 2. The van der Waals surface area contributed by atoms with Gasteiger partial charge in [-0.3, -0.25) is 14.9 Å². The normalized spacial score (nSPS) is 16.5. The molecule has 2 aromatic carbocycles. The molecule has 1 saturated heterocycles. The van der Waals surface area contributed by atoms with Gasteiger partial charge in [-0.1, -0.05) is 12.1 Å². The molecular formula is C18H19ClFN3O3S. The molecule has 144 valence electrons. The minimum Gasteiger partial charge on any atom is -0.332 e. The first-order valence-electron chi connectivity index (χ1n) is 8.17. The molecule has 9 heteroatoms. The summed E-state index contributed by atoms with van der Waals surface area (Å²) in [5.74, 6) is -0.131. The maximum absolute atomic E-state index is 13.5. The molecule has 1 aliphatic rings. The van der Waals surface area contributed by atoms with Crippen LogP contribution in [0.5, 0.6) is 0 Å². The standard InChI is InChI=1S/C18H18FN3O3S.ClH/c19-14-3-1-2-13(10-14)17-11-20-8-9-21(17)18(23)12-26-16-6-4-15(5-7-16)22(24)25;/h1-7,10,17,20H,8-9,11-12H2;1H. The molecule has 0 spiro atoms. The van der Waals surface area contributed by atoms with Crippen molar-refractivity contribution in [3.63, 3.8) is 0 Å². The van der Waals surface area contributed by atoms with Crippen molar-refractivity contribution in [2.24, 2.45) is 0 Å². The highest BCUT2D eigenvalue weighted by molar-refractivity contribution is 8.00. The smallest absolute Gasteiger partial charge is 0.269 e. The van der Waals surface area contributed by atoms with E-state index in [1.165, 1.54) is 36.0 Å². The number of nitrogens with one attached hydrogen (secondary N) is 1. The molecule has 0 radical (unpaired) electrons. The molecule has 0 bridgehead atoms. The summed E-state index contributed by atoms with van der Waals surface area (Å²) in [6, 6.07) is 12.2. The Morgan fingerprint density at radius 1 is 1.30 bits per heavy atom. The molecule has 1 amide bonds. The van der Waals surface area contributed by atoms with Crippen molar-refractivity contribution in [1.29, 1.82) is 0 Å². The zero-order valence-electron chi connectivity index (χ0n) is 14.3. The Kier molecular flexibility index (Phi) is 7.58. The van der Waals surface area contributed by atoms with Gasteiger partial charge in [-0.05, 0) is 29.8 Å². The Bertz CT molecular complexity index is 807. The summed E-state index contributed by atoms with van der Waals surface area (Å²) < 4.78 is 13.5. The van der Waals surface area contributed by atoms with Gasteiger partial charge in [0.05, 0.1) is 16.7 Å². The highest BCUT2D eigenvalue weighted by Crippen LogP contribution is 2.26. The number of thioether (sulfide) groups is 1. The zero-order chi connectivity index (χ0) is 18.5. The third-order valence-corrected chi connectivity index (χ3v) is 5.20. The van der Waals surface area contributed by atoms with Crippen LogP contribution < -0.4 is 5.32 Å². The summed E-state index contributed by atoms with van der Waals surface area (Å²) in [4.78, 5) is 25.5. The van der Waals surface area contributed by atoms with E-state index in [0.29, 0.717) is 19.6 Å². The van der Waals surface area contributed by atoms with Crippen molar-refractivity contribution >= 4 is 35.8 Å². The van der Waals surface area contributed by atoms with Crippen LogP contribution in [0.4, 0.5) is 10.1 Å². The van der Waals surface area contributed by atoms with Gasteiger partial charge in [0, 0.05) is 36.7 Å². The number of non-ortho nitro benzene ring substituents is 1. The minimum atomic E-state index is -0.454. The second-order valence-electron chi connectivity index (χ2n) is 5.90. The van der Waals surface area contributed by atoms with E-state index in [1.807, 2.05) is 6.07 Å². The topological polar surface area (TPSA) is 75.5 Å². The summed E-state index contributed by atoms with van der Waals surface area (Å²) in [5.41, 5.74) is 0.792. The summed E-state index contributed by atoms with van der Waals surface area (Å²) in [7, 11) is 0. The van der Waals surface area contributed by atoms with Gasteiger partial charge in [0.1, 0.15) is 5.82 Å². The monoisotopic (exact) mass is 411 g/mol. The van der Waals surface area contributed by atoms with Crippen molar-refractivity contribution in [1.82, 2.24) is 10.2 Å². The van der Waals surface area contributed by atoms with E-state index in [0.717, 1.165) is 10.5 Å². The van der Waals surface area contributed by atoms with Crippen LogP contribution in [0.3, 0.4) is 0 Å². The number of rotatable bonds is 5. The summed E-state index contributed by atoms with van der Waals surface area (Å²) in [6.45, 7) is 1.83. The molecule has 1 aliphatic heterocycles. The van der Waals surface area contributed by atoms with Gasteiger partial charge < -0.3 is 10.2 Å². The van der Waals surface area contributed by atoms with E-state index in [9.17, 15) is 19.3 Å². The molecule has 3 rings (SSSR count). The number of amides is 1. The lowest BCUT2D eigenvalue weighted by Gasteiger charge is -2.36. The summed E-state index contributed by atoms with van der Waals surface area (Å²) >= 11 is 1.33. The van der Waals surface area contributed by atoms with Gasteiger partial charge in [-0.2, -0.15) is 0 Å². The Balaban J connectivity index is 0.00000261. The van der Waals surface area contributed by atoms with E-state index in [-0.39, 0.29) is 41.6 Å². The van der Waals surface area contributed by atoms with E-state index in [2.05, 4.69) is 5.32 Å². The summed E-state index contributed by atoms with van der Waals surface area (Å²) in [6.07, 6.45) is 0. The number of hydrogen-bond donors (Lipinski definition) is 1. The van der Waals surface area contributed by atoms with E-state index in [1.54, 1.807) is 23.1 Å². The van der Waals surface area contributed by atoms with Crippen LogP contribution in [0.25, 0.3) is 0 Å². The number of halogens is 2. The van der Waals surface area contributed by atoms with Gasteiger partial charge in [-0.15, -0.1) is 24.2 Å². The Morgan fingerprint density at radius 3 is 2.70 bits per heavy atom. The van der Waals surface area contributed by atoms with Crippen molar-refractivity contribution in [3.8, 4) is 0 Å². The third kappa shape index (κ3) is 5.41. The fraction of sp³-hybridized carbons (Fsp3) is 0.278. The number of nitro groups is 1. The Morgan fingerprint density at radius 2 is 2.04 bits per heavy atom. The second-order valence-corrected chi connectivity index (χ2v) is 6.95. The highest BCUT2D eigenvalue weighted by atomic mass is 35.5. The fourth-order valence-electron chi connectivity index (χ4n) is 2.91. The number of nitrogens with zero attached hydrogens (tertiary/aromatic N) is 2. The van der Waals surface area contributed by atoms with Gasteiger partial charge in [-0.25, -0.2) is 4.39 Å². The molecule has 0 aromatic heterocycles. The quantitative estimate of drug-likeness (QED) is 0.463. The van der Waals surface area contributed by atoms with Crippen molar-refractivity contribution in [2.75, 3.05) is 25.4 Å². The molecule has 6 nitrogen and oxygen atoms in total. The van der Waals surface area contributed by atoms with Crippen molar-refractivity contribution < 1.29 is 14.1 Å². The molecule has 27 heavy (non-hydrogen) atoms. The maximum Gasteiger partial charge on any atom is 0.269 e. The molecular weight excluding hydrogens is 393 g/mol. The van der Waals surface area contributed by atoms with Crippen molar-refractivity contribution in [2.45, 2.75) is 10.9 Å². The van der Waals surface area contributed by atoms with Crippen LogP contribution >= 0.6 is 24.2 Å². The van der Waals surface area contributed by atoms with E-state index < -0.39 is 4.92 Å². The molecule has 1 atom stereocenters. The zero-order valence-corrected chi connectivity index (χ0v) is 16.0. The SMILES string of the molecule is Cl.O=C(CSc1ccc([N+](=O)[O-])cc1)N1CCNCC1c1cccc(F)c1. The largest absolute Gasteiger partial charge is 0.332 e. The average Bonchev–Trinajstić information content (AvgIpc) is 2.66. The Hall–Kier alpha value is -2.16. The van der Waals surface area contributed by atoms with Crippen LogP contribution in [0.2, 0.25) is 0 Å². The lowest BCUT2D eigenvalue weighted by Crippen LogP contribution is -2.49. The molecule has 0 saturated carbocycles. The third-order valence-electron chi connectivity index (χ3n) is 4.21. The molecule has 2 aromatic rings. The van der Waals surface area contributed by atoms with Crippen molar-refractivity contribution in [3.05, 3.63) is 70.0 Å². The number of hydrogen-bond acceptors (Lipinski definition) is 5. The number of piperazine rings is 1. The number of nitro benzene ring substituents is 1. The predicted molar refractivity (Wildman–Crippen MR) is 105 cm³/mol. The first-order chi connectivity index (χ1) is 12.5. The van der Waals surface area contributed by atoms with Gasteiger partial charge in [0.2, 0.25) is 5.91 Å². The van der Waals surface area contributed by atoms with Crippen LogP contribution in [0, 0.1) is 15.9 Å². The lowest BCUT2D eigenvalue weighted by atomic mass is 10.0. The van der Waals surface area contributed by atoms with Crippen LogP contribution in [-0.4, -0.2) is 41.1 Å². The van der Waals surface area contributed by atoms with Gasteiger partial charge in [0.25, 0.3) is 5.69 Å². The van der Waals surface area contributed by atoms with E-state index in [4.69, 9.17) is 0 Å². The van der Waals surface area contributed by atoms with Gasteiger partial charge in [0.15, 0.2) is 0 Å². The van der Waals surface area contributed by atoms with E-state index >= 15 is 0 Å². The maximum atomic E-state index is 13.5. The highest BCUT2D eigenvalue weighted by Gasteiger charge is 2.27. The molecule has 1 heterocycles. The lowest BCUT2D eigenvalue weighted by molar-refractivity contribution is -0.384. The van der Waals surface area contributed by atoms with Gasteiger partial charge >= 0.3 is 0 Å². The molecule has 1 fully saturated rings. The van der Waals surface area contributed by atoms with Crippen LogP contribution in [-0.2, 0) is 4.79 Å². The fourth-order valence-corrected chi connectivity index (χ4v) is 3.69. The molecule has 0 aliphatic carbocycles. The predicted octanol–water partition coefficient (Wildman–Crippen LogP) is 3.42. The molecule has 1 N–H and O–H groups in total. The molecule has 1 unspecified atom stereocenters. The van der Waals surface area contributed by atoms with Crippen LogP contribution in [0.15, 0.2) is 53.4 Å². The second kappa shape index (κ2) is 9.68. The first-order valence-corrected chi connectivity index (χ1v) is 9.16. The first kappa shape index (κ1) is 21.1. The van der Waals surface area contributed by atoms with Crippen LogP contribution in [0.1, 0.15) is 11.6 Å².